The van der Waals surface area contributed by atoms with E-state index < -0.39 is 0 Å². The lowest BCUT2D eigenvalue weighted by Crippen LogP contribution is -1.99. The fraction of sp³-hybridized carbons (Fsp3) is 0.0952. The smallest absolute Gasteiger partial charge is 0.337 e. The van der Waals surface area contributed by atoms with Crippen LogP contribution in [0.4, 0.5) is 0 Å². The molecule has 0 saturated heterocycles. The summed E-state index contributed by atoms with van der Waals surface area (Å²) in [5.41, 5.74) is 6.34. The molecule has 0 amide bonds. The fourth-order valence-corrected chi connectivity index (χ4v) is 2.77. The van der Waals surface area contributed by atoms with Gasteiger partial charge >= 0.3 is 5.97 Å². The molecule has 0 spiro atoms. The first-order valence-corrected chi connectivity index (χ1v) is 7.59. The predicted molar refractivity (Wildman–Crippen MR) is 92.5 cm³/mol. The molecule has 2 nitrogen and oxygen atoms in total. The van der Waals surface area contributed by atoms with Crippen LogP contribution in [0.1, 0.15) is 21.5 Å². The summed E-state index contributed by atoms with van der Waals surface area (Å²) in [6, 6.07) is 26.2. The van der Waals surface area contributed by atoms with Gasteiger partial charge in [-0.25, -0.2) is 4.79 Å². The summed E-state index contributed by atoms with van der Waals surface area (Å²) >= 11 is 0. The maximum atomic E-state index is 10.8. The second kappa shape index (κ2) is 6.93. The number of esters is 1. The van der Waals surface area contributed by atoms with Crippen molar-refractivity contribution in [3.63, 3.8) is 0 Å². The Balaban J connectivity index is 0.000000142. The summed E-state index contributed by atoms with van der Waals surface area (Å²) < 4.78 is 4.50. The topological polar surface area (TPSA) is 26.3 Å². The van der Waals surface area contributed by atoms with Gasteiger partial charge in [0.05, 0.1) is 12.7 Å². The maximum absolute atomic E-state index is 10.8. The van der Waals surface area contributed by atoms with E-state index in [9.17, 15) is 4.79 Å². The monoisotopic (exact) mass is 302 g/mol. The van der Waals surface area contributed by atoms with Crippen LogP contribution in [0.2, 0.25) is 0 Å². The van der Waals surface area contributed by atoms with E-state index in [2.05, 4.69) is 53.3 Å². The molecular weight excluding hydrogens is 284 g/mol. The first-order chi connectivity index (χ1) is 11.3. The number of hydrogen-bond donors (Lipinski definition) is 0. The molecule has 0 saturated carbocycles. The molecule has 23 heavy (non-hydrogen) atoms. The van der Waals surface area contributed by atoms with E-state index >= 15 is 0 Å². The minimum Gasteiger partial charge on any atom is -0.465 e. The molecule has 0 N–H and O–H groups in total. The van der Waals surface area contributed by atoms with Gasteiger partial charge in [0, 0.05) is 0 Å². The SMILES string of the molecule is COC(=O)c1ccccc1.c1ccc2c(c1)Cc1ccccc1-2. The van der Waals surface area contributed by atoms with E-state index in [1.165, 1.54) is 29.4 Å². The van der Waals surface area contributed by atoms with Gasteiger partial charge in [0.2, 0.25) is 0 Å². The molecule has 2 heteroatoms. The molecule has 0 unspecified atom stereocenters. The van der Waals surface area contributed by atoms with E-state index in [1.807, 2.05) is 6.07 Å². The average molecular weight is 302 g/mol. The molecule has 0 atom stereocenters. The van der Waals surface area contributed by atoms with Crippen LogP contribution in [0.3, 0.4) is 0 Å². The zero-order chi connectivity index (χ0) is 16.1. The summed E-state index contributed by atoms with van der Waals surface area (Å²) in [7, 11) is 1.37. The van der Waals surface area contributed by atoms with Crippen molar-refractivity contribution in [3.8, 4) is 11.1 Å². The molecule has 0 fully saturated rings. The van der Waals surface area contributed by atoms with Crippen molar-refractivity contribution in [2.75, 3.05) is 7.11 Å². The number of carbonyl (C=O) groups is 1. The Morgan fingerprint density at radius 1 is 0.739 bits per heavy atom. The molecule has 4 rings (SSSR count). The quantitative estimate of drug-likeness (QED) is 0.475. The lowest BCUT2D eigenvalue weighted by molar-refractivity contribution is 0.0600. The minimum absolute atomic E-state index is 0.291. The van der Waals surface area contributed by atoms with E-state index in [-0.39, 0.29) is 5.97 Å². The first kappa shape index (κ1) is 15.0. The van der Waals surface area contributed by atoms with Crippen molar-refractivity contribution in [1.82, 2.24) is 0 Å². The fourth-order valence-electron chi connectivity index (χ4n) is 2.77. The van der Waals surface area contributed by atoms with Crippen LogP contribution in [-0.4, -0.2) is 13.1 Å². The van der Waals surface area contributed by atoms with Crippen molar-refractivity contribution in [2.45, 2.75) is 6.42 Å². The van der Waals surface area contributed by atoms with Crippen molar-refractivity contribution in [2.24, 2.45) is 0 Å². The predicted octanol–water partition coefficient (Wildman–Crippen LogP) is 4.73. The molecule has 0 aromatic heterocycles. The molecule has 114 valence electrons. The van der Waals surface area contributed by atoms with Crippen LogP contribution in [0.5, 0.6) is 0 Å². The third-order valence-electron chi connectivity index (χ3n) is 3.90. The van der Waals surface area contributed by atoms with Gasteiger partial charge in [0.25, 0.3) is 0 Å². The van der Waals surface area contributed by atoms with E-state index in [0.29, 0.717) is 5.56 Å². The summed E-state index contributed by atoms with van der Waals surface area (Å²) in [5.74, 6) is -0.291. The van der Waals surface area contributed by atoms with Crippen LogP contribution in [-0.2, 0) is 11.2 Å². The molecule has 3 aromatic rings. The van der Waals surface area contributed by atoms with Crippen LogP contribution in [0, 0.1) is 0 Å². The molecule has 0 heterocycles. The number of rotatable bonds is 1. The minimum atomic E-state index is -0.291. The number of hydrogen-bond acceptors (Lipinski definition) is 2. The lowest BCUT2D eigenvalue weighted by Gasteiger charge is -1.98. The van der Waals surface area contributed by atoms with E-state index in [4.69, 9.17) is 0 Å². The van der Waals surface area contributed by atoms with Gasteiger partial charge in [0.15, 0.2) is 0 Å². The zero-order valence-corrected chi connectivity index (χ0v) is 13.0. The Hall–Kier alpha value is -2.87. The summed E-state index contributed by atoms with van der Waals surface area (Å²) in [6.45, 7) is 0. The highest BCUT2D eigenvalue weighted by Gasteiger charge is 2.15. The number of methoxy groups -OCH3 is 1. The Morgan fingerprint density at radius 3 is 1.74 bits per heavy atom. The van der Waals surface area contributed by atoms with Crippen molar-refractivity contribution >= 4 is 5.97 Å². The van der Waals surface area contributed by atoms with Gasteiger partial charge in [-0.05, 0) is 40.8 Å². The summed E-state index contributed by atoms with van der Waals surface area (Å²) in [5, 5.41) is 0. The number of benzene rings is 3. The number of carbonyl (C=O) groups excluding carboxylic acids is 1. The highest BCUT2D eigenvalue weighted by Crippen LogP contribution is 2.35. The zero-order valence-electron chi connectivity index (χ0n) is 13.0. The summed E-state index contributed by atoms with van der Waals surface area (Å²) in [6.07, 6.45) is 1.10. The van der Waals surface area contributed by atoms with Crippen molar-refractivity contribution in [3.05, 3.63) is 95.6 Å². The standard InChI is InChI=1S/C13H10.C8H8O2/c1-3-7-12-10(5-1)9-11-6-2-4-8-13(11)12;1-10-8(9)7-5-3-2-4-6-7/h1-8H,9H2;2-6H,1H3. The Morgan fingerprint density at radius 2 is 1.22 bits per heavy atom. The highest BCUT2D eigenvalue weighted by molar-refractivity contribution is 5.89. The van der Waals surface area contributed by atoms with Crippen molar-refractivity contribution in [1.29, 1.82) is 0 Å². The van der Waals surface area contributed by atoms with Gasteiger partial charge in [-0.1, -0.05) is 66.7 Å². The number of ether oxygens (including phenoxy) is 1. The van der Waals surface area contributed by atoms with Crippen LogP contribution in [0.25, 0.3) is 11.1 Å². The average Bonchev–Trinajstić information content (AvgIpc) is 3.01. The third kappa shape index (κ3) is 3.32. The Labute approximate surface area is 136 Å². The Kier molecular flexibility index (Phi) is 4.53. The van der Waals surface area contributed by atoms with Crippen molar-refractivity contribution < 1.29 is 9.53 Å². The van der Waals surface area contributed by atoms with E-state index in [1.54, 1.807) is 24.3 Å². The lowest BCUT2D eigenvalue weighted by atomic mass is 10.1. The molecule has 0 radical (unpaired) electrons. The van der Waals surface area contributed by atoms with Crippen LogP contribution >= 0.6 is 0 Å². The van der Waals surface area contributed by atoms with Crippen LogP contribution < -0.4 is 0 Å². The first-order valence-electron chi connectivity index (χ1n) is 7.59. The van der Waals surface area contributed by atoms with Crippen LogP contribution in [0.15, 0.2) is 78.9 Å². The van der Waals surface area contributed by atoms with Gasteiger partial charge in [-0.15, -0.1) is 0 Å². The second-order valence-electron chi connectivity index (χ2n) is 5.35. The molecule has 0 aliphatic heterocycles. The molecule has 1 aliphatic carbocycles. The highest BCUT2D eigenvalue weighted by atomic mass is 16.5. The van der Waals surface area contributed by atoms with Gasteiger partial charge < -0.3 is 4.74 Å². The normalized spacial score (nSPS) is 10.8. The number of fused-ring (bicyclic) bond motifs is 3. The third-order valence-corrected chi connectivity index (χ3v) is 3.90. The van der Waals surface area contributed by atoms with Gasteiger partial charge in [0.1, 0.15) is 0 Å². The summed E-state index contributed by atoms with van der Waals surface area (Å²) in [4.78, 5) is 10.8. The molecular formula is C21H18O2. The molecule has 0 bridgehead atoms. The second-order valence-corrected chi connectivity index (χ2v) is 5.35. The largest absolute Gasteiger partial charge is 0.465 e. The molecule has 1 aliphatic rings. The van der Waals surface area contributed by atoms with E-state index in [0.717, 1.165) is 6.42 Å². The maximum Gasteiger partial charge on any atom is 0.337 e. The Bertz CT molecular complexity index is 763. The van der Waals surface area contributed by atoms with Gasteiger partial charge in [-0.3, -0.25) is 0 Å². The van der Waals surface area contributed by atoms with Gasteiger partial charge in [-0.2, -0.15) is 0 Å². The molecule has 3 aromatic carbocycles.